The minimum Gasteiger partial charge on any atom is -0.350 e. The Morgan fingerprint density at radius 1 is 1.04 bits per heavy atom. The van der Waals surface area contributed by atoms with E-state index in [-0.39, 0.29) is 12.3 Å². The summed E-state index contributed by atoms with van der Waals surface area (Å²) in [5.41, 5.74) is 2.54. The van der Waals surface area contributed by atoms with Crippen molar-refractivity contribution in [3.8, 4) is 10.6 Å². The van der Waals surface area contributed by atoms with Gasteiger partial charge in [-0.25, -0.2) is 4.98 Å². The van der Waals surface area contributed by atoms with E-state index in [4.69, 9.17) is 23.2 Å². The fourth-order valence-electron chi connectivity index (χ4n) is 2.21. The molecule has 3 aromatic rings. The Hall–Kier alpha value is -1.88. The zero-order valence-corrected chi connectivity index (χ0v) is 15.0. The Kier molecular flexibility index (Phi) is 5.51. The topological polar surface area (TPSA) is 42.0 Å². The second-order valence-electron chi connectivity index (χ2n) is 5.16. The van der Waals surface area contributed by atoms with E-state index in [1.807, 2.05) is 35.7 Å². The molecule has 3 nitrogen and oxygen atoms in total. The maximum atomic E-state index is 12.1. The highest BCUT2D eigenvalue weighted by Crippen LogP contribution is 2.25. The lowest BCUT2D eigenvalue weighted by Gasteiger charge is -2.07. The maximum absolute atomic E-state index is 12.1. The third-order valence-electron chi connectivity index (χ3n) is 3.44. The van der Waals surface area contributed by atoms with Crippen LogP contribution < -0.4 is 5.32 Å². The summed E-state index contributed by atoms with van der Waals surface area (Å²) in [6, 6.07) is 15.2. The van der Waals surface area contributed by atoms with Crippen molar-refractivity contribution >= 4 is 40.4 Å². The molecule has 0 aliphatic carbocycles. The van der Waals surface area contributed by atoms with Crippen molar-refractivity contribution in [2.75, 3.05) is 0 Å². The van der Waals surface area contributed by atoms with Gasteiger partial charge in [-0.2, -0.15) is 0 Å². The minimum absolute atomic E-state index is 0.140. The molecule has 0 bridgehead atoms. The van der Waals surface area contributed by atoms with Crippen LogP contribution in [0.15, 0.2) is 53.9 Å². The number of hydrogen-bond donors (Lipinski definition) is 1. The first-order chi connectivity index (χ1) is 11.6. The van der Waals surface area contributed by atoms with E-state index < -0.39 is 0 Å². The van der Waals surface area contributed by atoms with Crippen LogP contribution in [0, 0.1) is 0 Å². The number of nitrogens with zero attached hydrogens (tertiary/aromatic N) is 1. The minimum atomic E-state index is -0.140. The van der Waals surface area contributed by atoms with E-state index >= 15 is 0 Å². The van der Waals surface area contributed by atoms with Crippen LogP contribution in [-0.4, -0.2) is 10.9 Å². The fraction of sp³-hybridized carbons (Fsp3) is 0.111. The van der Waals surface area contributed by atoms with Crippen molar-refractivity contribution in [1.82, 2.24) is 10.3 Å². The van der Waals surface area contributed by atoms with Crippen LogP contribution >= 0.6 is 34.5 Å². The average molecular weight is 377 g/mol. The van der Waals surface area contributed by atoms with Gasteiger partial charge in [0.25, 0.3) is 0 Å². The standard InChI is InChI=1S/C18H14Cl2N2OS/c19-15-7-4-8-16(20)14(15)9-17(23)21-10-13-11-24-18(22-13)12-5-2-1-3-6-12/h1-8,11H,9-10H2,(H,21,23). The Balaban J connectivity index is 1.60. The first-order valence-electron chi connectivity index (χ1n) is 7.33. The van der Waals surface area contributed by atoms with E-state index in [1.54, 1.807) is 29.5 Å². The van der Waals surface area contributed by atoms with Crippen molar-refractivity contribution in [3.05, 3.63) is 75.2 Å². The molecule has 1 amide bonds. The van der Waals surface area contributed by atoms with E-state index in [0.29, 0.717) is 22.2 Å². The molecule has 1 aromatic heterocycles. The van der Waals surface area contributed by atoms with Crippen LogP contribution in [-0.2, 0) is 17.8 Å². The molecule has 0 unspecified atom stereocenters. The highest BCUT2D eigenvalue weighted by molar-refractivity contribution is 7.13. The monoisotopic (exact) mass is 376 g/mol. The van der Waals surface area contributed by atoms with E-state index in [1.165, 1.54) is 0 Å². The van der Waals surface area contributed by atoms with Gasteiger partial charge in [0.2, 0.25) is 5.91 Å². The highest BCUT2D eigenvalue weighted by atomic mass is 35.5. The number of carbonyl (C=O) groups is 1. The zero-order chi connectivity index (χ0) is 16.9. The zero-order valence-electron chi connectivity index (χ0n) is 12.6. The van der Waals surface area contributed by atoms with Crippen LogP contribution in [0.4, 0.5) is 0 Å². The van der Waals surface area contributed by atoms with Crippen molar-refractivity contribution in [2.24, 2.45) is 0 Å². The molecule has 3 rings (SSSR count). The van der Waals surface area contributed by atoms with Gasteiger partial charge in [0.05, 0.1) is 18.7 Å². The Bertz CT molecular complexity index is 829. The molecule has 6 heteroatoms. The number of carbonyl (C=O) groups excluding carboxylic acids is 1. The van der Waals surface area contributed by atoms with Crippen LogP contribution in [0.1, 0.15) is 11.3 Å². The van der Waals surface area contributed by atoms with Gasteiger partial charge in [0.1, 0.15) is 5.01 Å². The number of benzene rings is 2. The quantitative estimate of drug-likeness (QED) is 0.682. The molecule has 1 heterocycles. The summed E-state index contributed by atoms with van der Waals surface area (Å²) in [5, 5.41) is 6.74. The molecule has 0 saturated carbocycles. The number of halogens is 2. The van der Waals surface area contributed by atoms with Gasteiger partial charge in [-0.05, 0) is 17.7 Å². The molecule has 0 radical (unpaired) electrons. The normalized spacial score (nSPS) is 10.6. The Morgan fingerprint density at radius 2 is 1.75 bits per heavy atom. The van der Waals surface area contributed by atoms with Crippen molar-refractivity contribution in [3.63, 3.8) is 0 Å². The summed E-state index contributed by atoms with van der Waals surface area (Å²) in [6.07, 6.45) is 0.147. The van der Waals surface area contributed by atoms with Crippen molar-refractivity contribution < 1.29 is 4.79 Å². The number of nitrogens with one attached hydrogen (secondary N) is 1. The van der Waals surface area contributed by atoms with Crippen LogP contribution in [0.2, 0.25) is 10.0 Å². The van der Waals surface area contributed by atoms with Crippen molar-refractivity contribution in [2.45, 2.75) is 13.0 Å². The van der Waals surface area contributed by atoms with E-state index in [0.717, 1.165) is 16.3 Å². The van der Waals surface area contributed by atoms with Gasteiger partial charge in [-0.3, -0.25) is 4.79 Å². The molecule has 0 saturated heterocycles. The molecule has 2 aromatic carbocycles. The maximum Gasteiger partial charge on any atom is 0.224 e. The van der Waals surface area contributed by atoms with E-state index in [9.17, 15) is 4.79 Å². The number of thiazole rings is 1. The van der Waals surface area contributed by atoms with Gasteiger partial charge in [-0.15, -0.1) is 11.3 Å². The second kappa shape index (κ2) is 7.79. The van der Waals surface area contributed by atoms with Gasteiger partial charge < -0.3 is 5.32 Å². The third kappa shape index (κ3) is 4.15. The van der Waals surface area contributed by atoms with Gasteiger partial charge >= 0.3 is 0 Å². The first-order valence-corrected chi connectivity index (χ1v) is 8.96. The van der Waals surface area contributed by atoms with Crippen LogP contribution in [0.3, 0.4) is 0 Å². The molecular formula is C18H14Cl2N2OS. The second-order valence-corrected chi connectivity index (χ2v) is 6.84. The lowest BCUT2D eigenvalue weighted by molar-refractivity contribution is -0.120. The van der Waals surface area contributed by atoms with Gasteiger partial charge in [-0.1, -0.05) is 59.6 Å². The molecule has 0 spiro atoms. The summed E-state index contributed by atoms with van der Waals surface area (Å²) < 4.78 is 0. The smallest absolute Gasteiger partial charge is 0.224 e. The first kappa shape index (κ1) is 17.0. The third-order valence-corrected chi connectivity index (χ3v) is 5.09. The SMILES string of the molecule is O=C(Cc1c(Cl)cccc1Cl)NCc1csc(-c2ccccc2)n1. The predicted molar refractivity (Wildman–Crippen MR) is 99.6 cm³/mol. The molecule has 1 N–H and O–H groups in total. The molecule has 0 aliphatic heterocycles. The summed E-state index contributed by atoms with van der Waals surface area (Å²) >= 11 is 13.7. The number of rotatable bonds is 5. The van der Waals surface area contributed by atoms with Gasteiger partial charge in [0.15, 0.2) is 0 Å². The molecule has 0 aliphatic rings. The van der Waals surface area contributed by atoms with Crippen LogP contribution in [0.25, 0.3) is 10.6 Å². The molecule has 0 fully saturated rings. The summed E-state index contributed by atoms with van der Waals surface area (Å²) in [4.78, 5) is 16.7. The number of aromatic nitrogens is 1. The average Bonchev–Trinajstić information content (AvgIpc) is 3.06. The molecule has 122 valence electrons. The fourth-order valence-corrected chi connectivity index (χ4v) is 3.57. The summed E-state index contributed by atoms with van der Waals surface area (Å²) in [6.45, 7) is 0.379. The molecule has 0 atom stereocenters. The van der Waals surface area contributed by atoms with E-state index in [2.05, 4.69) is 10.3 Å². The van der Waals surface area contributed by atoms with Crippen molar-refractivity contribution in [1.29, 1.82) is 0 Å². The molecular weight excluding hydrogens is 363 g/mol. The lowest BCUT2D eigenvalue weighted by atomic mass is 10.1. The van der Waals surface area contributed by atoms with Crippen LogP contribution in [0.5, 0.6) is 0 Å². The predicted octanol–water partition coefficient (Wildman–Crippen LogP) is 4.98. The Labute approximate surface area is 154 Å². The highest BCUT2D eigenvalue weighted by Gasteiger charge is 2.11. The number of hydrogen-bond acceptors (Lipinski definition) is 3. The largest absolute Gasteiger partial charge is 0.350 e. The molecule has 24 heavy (non-hydrogen) atoms. The van der Waals surface area contributed by atoms with Gasteiger partial charge in [0, 0.05) is 21.0 Å². The number of amides is 1. The summed E-state index contributed by atoms with van der Waals surface area (Å²) in [5.74, 6) is -0.140. The summed E-state index contributed by atoms with van der Waals surface area (Å²) in [7, 11) is 0. The lowest BCUT2D eigenvalue weighted by Crippen LogP contribution is -2.25. The Morgan fingerprint density at radius 3 is 2.46 bits per heavy atom.